The second-order valence-electron chi connectivity index (χ2n) is 8.32. The van der Waals surface area contributed by atoms with Crippen molar-refractivity contribution in [2.45, 2.75) is 58.1 Å². The van der Waals surface area contributed by atoms with Gasteiger partial charge in [0.15, 0.2) is 6.10 Å². The summed E-state index contributed by atoms with van der Waals surface area (Å²) < 4.78 is 5.85. The SMILES string of the molecule is CC(Oc1cccc(C(C)(C)C)c1)C(=O)Nc1ccccc1C(=O)NC1CC1. The molecule has 0 spiro atoms. The van der Waals surface area contributed by atoms with Gasteiger partial charge in [-0.25, -0.2) is 0 Å². The average Bonchev–Trinajstić information content (AvgIpc) is 3.45. The number of anilines is 1. The second kappa shape index (κ2) is 8.05. The highest BCUT2D eigenvalue weighted by molar-refractivity contribution is 6.04. The van der Waals surface area contributed by atoms with E-state index in [0.717, 1.165) is 18.4 Å². The molecule has 1 aliphatic rings. The van der Waals surface area contributed by atoms with Gasteiger partial charge in [-0.1, -0.05) is 45.0 Å². The predicted molar refractivity (Wildman–Crippen MR) is 111 cm³/mol. The first-order valence-corrected chi connectivity index (χ1v) is 9.72. The number of para-hydroxylation sites is 1. The maximum absolute atomic E-state index is 12.6. The fraction of sp³-hybridized carbons (Fsp3) is 0.391. The Morgan fingerprint density at radius 1 is 1.07 bits per heavy atom. The van der Waals surface area contributed by atoms with Crippen molar-refractivity contribution >= 4 is 17.5 Å². The Kier molecular flexibility index (Phi) is 5.73. The molecule has 1 saturated carbocycles. The Balaban J connectivity index is 1.67. The minimum atomic E-state index is -0.699. The molecule has 0 saturated heterocycles. The molecular weight excluding hydrogens is 352 g/mol. The number of hydrogen-bond acceptors (Lipinski definition) is 3. The van der Waals surface area contributed by atoms with Crippen LogP contribution in [-0.4, -0.2) is 24.0 Å². The number of carbonyl (C=O) groups excluding carboxylic acids is 2. The Labute approximate surface area is 166 Å². The molecule has 0 aliphatic heterocycles. The molecule has 1 atom stereocenters. The van der Waals surface area contributed by atoms with Crippen molar-refractivity contribution in [2.24, 2.45) is 0 Å². The number of ether oxygens (including phenoxy) is 1. The lowest BCUT2D eigenvalue weighted by molar-refractivity contribution is -0.122. The summed E-state index contributed by atoms with van der Waals surface area (Å²) in [6.07, 6.45) is 1.33. The summed E-state index contributed by atoms with van der Waals surface area (Å²) in [6.45, 7) is 8.09. The van der Waals surface area contributed by atoms with Crippen LogP contribution >= 0.6 is 0 Å². The minimum Gasteiger partial charge on any atom is -0.481 e. The van der Waals surface area contributed by atoms with E-state index in [1.54, 1.807) is 31.2 Å². The summed E-state index contributed by atoms with van der Waals surface area (Å²) in [5, 5.41) is 5.78. The van der Waals surface area contributed by atoms with Crippen molar-refractivity contribution in [1.82, 2.24) is 5.32 Å². The molecular formula is C23H28N2O3. The van der Waals surface area contributed by atoms with Crippen LogP contribution in [0.2, 0.25) is 0 Å². The fourth-order valence-corrected chi connectivity index (χ4v) is 2.81. The van der Waals surface area contributed by atoms with Gasteiger partial charge in [-0.2, -0.15) is 0 Å². The molecule has 3 rings (SSSR count). The summed E-state index contributed by atoms with van der Waals surface area (Å²) in [5.41, 5.74) is 2.09. The van der Waals surface area contributed by atoms with E-state index in [9.17, 15) is 9.59 Å². The van der Waals surface area contributed by atoms with Crippen LogP contribution in [0.15, 0.2) is 48.5 Å². The number of carbonyl (C=O) groups is 2. The standard InChI is InChI=1S/C23H28N2O3/c1-15(28-18-9-7-8-16(14-18)23(2,3)4)21(26)25-20-11-6-5-10-19(20)22(27)24-17-12-13-17/h5-11,14-15,17H,12-13H2,1-4H3,(H,24,27)(H,25,26). The van der Waals surface area contributed by atoms with E-state index >= 15 is 0 Å². The van der Waals surface area contributed by atoms with Crippen LogP contribution in [-0.2, 0) is 10.2 Å². The maximum atomic E-state index is 12.6. The van der Waals surface area contributed by atoms with Gasteiger partial charge < -0.3 is 15.4 Å². The third-order valence-corrected chi connectivity index (χ3v) is 4.72. The zero-order valence-electron chi connectivity index (χ0n) is 16.9. The molecule has 1 unspecified atom stereocenters. The van der Waals surface area contributed by atoms with Gasteiger partial charge in [0.25, 0.3) is 11.8 Å². The van der Waals surface area contributed by atoms with Crippen molar-refractivity contribution in [3.8, 4) is 5.75 Å². The van der Waals surface area contributed by atoms with Gasteiger partial charge in [0.05, 0.1) is 11.3 Å². The molecule has 5 heteroatoms. The zero-order chi connectivity index (χ0) is 20.3. The van der Waals surface area contributed by atoms with Crippen LogP contribution in [0.3, 0.4) is 0 Å². The summed E-state index contributed by atoms with van der Waals surface area (Å²) in [4.78, 5) is 25.0. The Hall–Kier alpha value is -2.82. The van der Waals surface area contributed by atoms with E-state index in [0.29, 0.717) is 17.0 Å². The predicted octanol–water partition coefficient (Wildman–Crippen LogP) is 4.28. The summed E-state index contributed by atoms with van der Waals surface area (Å²) >= 11 is 0. The van der Waals surface area contributed by atoms with Crippen molar-refractivity contribution in [1.29, 1.82) is 0 Å². The van der Waals surface area contributed by atoms with Gasteiger partial charge in [0.2, 0.25) is 0 Å². The molecule has 1 fully saturated rings. The van der Waals surface area contributed by atoms with Crippen LogP contribution < -0.4 is 15.4 Å². The van der Waals surface area contributed by atoms with Crippen molar-refractivity contribution in [3.05, 3.63) is 59.7 Å². The van der Waals surface area contributed by atoms with Gasteiger partial charge in [-0.15, -0.1) is 0 Å². The number of benzene rings is 2. The minimum absolute atomic E-state index is 0.00126. The third-order valence-electron chi connectivity index (χ3n) is 4.72. The number of hydrogen-bond donors (Lipinski definition) is 2. The molecule has 5 nitrogen and oxygen atoms in total. The van der Waals surface area contributed by atoms with Gasteiger partial charge in [-0.3, -0.25) is 9.59 Å². The summed E-state index contributed by atoms with van der Waals surface area (Å²) in [6, 6.07) is 15.1. The molecule has 2 aromatic rings. The second-order valence-corrected chi connectivity index (χ2v) is 8.32. The van der Waals surface area contributed by atoms with Gasteiger partial charge in [-0.05, 0) is 55.0 Å². The fourth-order valence-electron chi connectivity index (χ4n) is 2.81. The van der Waals surface area contributed by atoms with Crippen molar-refractivity contribution in [3.63, 3.8) is 0 Å². The highest BCUT2D eigenvalue weighted by atomic mass is 16.5. The van der Waals surface area contributed by atoms with Crippen LogP contribution in [0, 0.1) is 0 Å². The summed E-state index contributed by atoms with van der Waals surface area (Å²) in [7, 11) is 0. The molecule has 0 aromatic heterocycles. The van der Waals surface area contributed by atoms with Gasteiger partial charge >= 0.3 is 0 Å². The van der Waals surface area contributed by atoms with E-state index in [4.69, 9.17) is 4.74 Å². The van der Waals surface area contributed by atoms with Crippen LogP contribution in [0.4, 0.5) is 5.69 Å². The van der Waals surface area contributed by atoms with Crippen molar-refractivity contribution in [2.75, 3.05) is 5.32 Å². The smallest absolute Gasteiger partial charge is 0.265 e. The first-order valence-electron chi connectivity index (χ1n) is 9.72. The molecule has 0 bridgehead atoms. The van der Waals surface area contributed by atoms with Gasteiger partial charge in [0.1, 0.15) is 5.75 Å². The molecule has 2 N–H and O–H groups in total. The summed E-state index contributed by atoms with van der Waals surface area (Å²) in [5.74, 6) is 0.188. The lowest BCUT2D eigenvalue weighted by Crippen LogP contribution is -2.32. The van der Waals surface area contributed by atoms with Crippen LogP contribution in [0.25, 0.3) is 0 Å². The Morgan fingerprint density at radius 3 is 2.46 bits per heavy atom. The van der Waals surface area contributed by atoms with Crippen LogP contribution in [0.1, 0.15) is 56.5 Å². The quantitative estimate of drug-likeness (QED) is 0.786. The highest BCUT2D eigenvalue weighted by Gasteiger charge is 2.25. The lowest BCUT2D eigenvalue weighted by atomic mass is 9.87. The Morgan fingerprint density at radius 2 is 1.79 bits per heavy atom. The molecule has 2 aromatic carbocycles. The monoisotopic (exact) mass is 380 g/mol. The molecule has 1 aliphatic carbocycles. The average molecular weight is 380 g/mol. The Bertz CT molecular complexity index is 866. The highest BCUT2D eigenvalue weighted by Crippen LogP contribution is 2.26. The van der Waals surface area contributed by atoms with E-state index in [2.05, 4.69) is 31.4 Å². The van der Waals surface area contributed by atoms with E-state index in [1.807, 2.05) is 24.3 Å². The molecule has 0 heterocycles. The third kappa shape index (κ3) is 5.12. The molecule has 28 heavy (non-hydrogen) atoms. The number of nitrogens with one attached hydrogen (secondary N) is 2. The van der Waals surface area contributed by atoms with E-state index < -0.39 is 6.10 Å². The normalized spacial score (nSPS) is 14.9. The number of amides is 2. The molecule has 0 radical (unpaired) electrons. The first kappa shape index (κ1) is 19.9. The lowest BCUT2D eigenvalue weighted by Gasteiger charge is -2.21. The zero-order valence-corrected chi connectivity index (χ0v) is 16.9. The maximum Gasteiger partial charge on any atom is 0.265 e. The van der Waals surface area contributed by atoms with Crippen molar-refractivity contribution < 1.29 is 14.3 Å². The van der Waals surface area contributed by atoms with Crippen LogP contribution in [0.5, 0.6) is 5.75 Å². The topological polar surface area (TPSA) is 67.4 Å². The largest absolute Gasteiger partial charge is 0.481 e. The van der Waals surface area contributed by atoms with Gasteiger partial charge in [0, 0.05) is 6.04 Å². The first-order chi connectivity index (χ1) is 13.2. The van der Waals surface area contributed by atoms with E-state index in [-0.39, 0.29) is 23.3 Å². The van der Waals surface area contributed by atoms with E-state index in [1.165, 1.54) is 0 Å². The molecule has 148 valence electrons. The molecule has 2 amide bonds. The number of rotatable bonds is 6.